The van der Waals surface area contributed by atoms with Gasteiger partial charge >= 0.3 is 0 Å². The highest BCUT2D eigenvalue weighted by molar-refractivity contribution is 5.27. The SMILES string of the molecule is C=CCNc1nccn1CCc1cccc(F)c1. The third-order valence-electron chi connectivity index (χ3n) is 2.65. The maximum atomic E-state index is 13.0. The first-order valence-electron chi connectivity index (χ1n) is 5.90. The fourth-order valence-corrected chi connectivity index (χ4v) is 1.76. The van der Waals surface area contributed by atoms with Crippen molar-refractivity contribution in [2.24, 2.45) is 0 Å². The van der Waals surface area contributed by atoms with Crippen LogP contribution in [0, 0.1) is 5.82 Å². The molecule has 0 amide bonds. The van der Waals surface area contributed by atoms with E-state index in [1.54, 1.807) is 24.4 Å². The Bertz CT molecular complexity index is 519. The Morgan fingerprint density at radius 3 is 3.11 bits per heavy atom. The van der Waals surface area contributed by atoms with Gasteiger partial charge in [0.05, 0.1) is 0 Å². The third kappa shape index (κ3) is 3.20. The summed E-state index contributed by atoms with van der Waals surface area (Å²) >= 11 is 0. The highest BCUT2D eigenvalue weighted by Gasteiger charge is 2.02. The van der Waals surface area contributed by atoms with Crippen molar-refractivity contribution in [1.29, 1.82) is 0 Å². The zero-order valence-electron chi connectivity index (χ0n) is 10.1. The lowest BCUT2D eigenvalue weighted by atomic mass is 10.1. The summed E-state index contributed by atoms with van der Waals surface area (Å²) < 4.78 is 15.0. The van der Waals surface area contributed by atoms with E-state index in [1.165, 1.54) is 6.07 Å². The van der Waals surface area contributed by atoms with Crippen LogP contribution in [0.15, 0.2) is 49.3 Å². The van der Waals surface area contributed by atoms with Gasteiger partial charge in [-0.2, -0.15) is 0 Å². The fraction of sp³-hybridized carbons (Fsp3) is 0.214. The Hall–Kier alpha value is -2.10. The first kappa shape index (κ1) is 12.4. The topological polar surface area (TPSA) is 29.9 Å². The number of aryl methyl sites for hydroxylation is 2. The van der Waals surface area contributed by atoms with Crippen LogP contribution < -0.4 is 5.32 Å². The molecule has 0 spiro atoms. The summed E-state index contributed by atoms with van der Waals surface area (Å²) in [6, 6.07) is 6.68. The molecule has 2 rings (SSSR count). The van der Waals surface area contributed by atoms with Crippen molar-refractivity contribution in [3.8, 4) is 0 Å². The van der Waals surface area contributed by atoms with Gasteiger partial charge in [-0.1, -0.05) is 18.2 Å². The minimum absolute atomic E-state index is 0.192. The van der Waals surface area contributed by atoms with Crippen molar-refractivity contribution in [1.82, 2.24) is 9.55 Å². The summed E-state index contributed by atoms with van der Waals surface area (Å²) in [5.74, 6) is 0.620. The predicted molar refractivity (Wildman–Crippen MR) is 71.0 cm³/mol. The molecule has 0 aliphatic rings. The van der Waals surface area contributed by atoms with E-state index < -0.39 is 0 Å². The maximum absolute atomic E-state index is 13.0. The van der Waals surface area contributed by atoms with Crippen LogP contribution in [0.3, 0.4) is 0 Å². The average Bonchev–Trinajstić information content (AvgIpc) is 2.81. The molecule has 0 aliphatic carbocycles. The second-order valence-corrected chi connectivity index (χ2v) is 3.99. The molecular weight excluding hydrogens is 229 g/mol. The Kier molecular flexibility index (Phi) is 4.12. The molecule has 1 aromatic carbocycles. The number of imidazole rings is 1. The monoisotopic (exact) mass is 245 g/mol. The molecule has 0 atom stereocenters. The van der Waals surface area contributed by atoms with E-state index in [0.29, 0.717) is 6.54 Å². The van der Waals surface area contributed by atoms with Crippen LogP contribution in [0.4, 0.5) is 10.3 Å². The summed E-state index contributed by atoms with van der Waals surface area (Å²) in [4.78, 5) is 4.21. The molecule has 0 unspecified atom stereocenters. The molecule has 1 heterocycles. The molecule has 0 bridgehead atoms. The normalized spacial score (nSPS) is 10.3. The molecule has 94 valence electrons. The van der Waals surface area contributed by atoms with Gasteiger partial charge in [0.25, 0.3) is 0 Å². The molecule has 0 saturated carbocycles. The Balaban J connectivity index is 1.97. The zero-order chi connectivity index (χ0) is 12.8. The number of hydrogen-bond donors (Lipinski definition) is 1. The Morgan fingerprint density at radius 1 is 1.44 bits per heavy atom. The van der Waals surface area contributed by atoms with E-state index >= 15 is 0 Å². The van der Waals surface area contributed by atoms with Crippen LogP contribution >= 0.6 is 0 Å². The van der Waals surface area contributed by atoms with Crippen LogP contribution in [-0.4, -0.2) is 16.1 Å². The molecule has 0 aliphatic heterocycles. The highest BCUT2D eigenvalue weighted by atomic mass is 19.1. The maximum Gasteiger partial charge on any atom is 0.203 e. The summed E-state index contributed by atoms with van der Waals surface area (Å²) in [7, 11) is 0. The van der Waals surface area contributed by atoms with Crippen LogP contribution in [0.2, 0.25) is 0 Å². The number of benzene rings is 1. The van der Waals surface area contributed by atoms with Crippen molar-refractivity contribution in [3.63, 3.8) is 0 Å². The smallest absolute Gasteiger partial charge is 0.203 e. The lowest BCUT2D eigenvalue weighted by molar-refractivity contribution is 0.622. The number of hydrogen-bond acceptors (Lipinski definition) is 2. The van der Waals surface area contributed by atoms with Crippen molar-refractivity contribution in [2.75, 3.05) is 11.9 Å². The minimum Gasteiger partial charge on any atom is -0.352 e. The fourth-order valence-electron chi connectivity index (χ4n) is 1.76. The second kappa shape index (κ2) is 6.00. The van der Waals surface area contributed by atoms with Gasteiger partial charge in [0.2, 0.25) is 5.95 Å². The summed E-state index contributed by atoms with van der Waals surface area (Å²) in [6.07, 6.45) is 6.21. The standard InChI is InChI=1S/C14H16FN3/c1-2-7-16-14-17-8-10-18(14)9-6-12-4-3-5-13(15)11-12/h2-5,8,10-11H,1,6-7,9H2,(H,16,17). The average molecular weight is 245 g/mol. The van der Waals surface area contributed by atoms with Gasteiger partial charge in [-0.3, -0.25) is 0 Å². The van der Waals surface area contributed by atoms with Crippen LogP contribution in [0.25, 0.3) is 0 Å². The minimum atomic E-state index is -0.192. The van der Waals surface area contributed by atoms with Gasteiger partial charge in [0.15, 0.2) is 0 Å². The van der Waals surface area contributed by atoms with Crippen LogP contribution in [0.1, 0.15) is 5.56 Å². The van der Waals surface area contributed by atoms with E-state index in [0.717, 1.165) is 24.5 Å². The molecule has 2 aromatic rings. The van der Waals surface area contributed by atoms with Crippen molar-refractivity contribution in [3.05, 3.63) is 60.7 Å². The molecule has 18 heavy (non-hydrogen) atoms. The molecule has 4 heteroatoms. The number of anilines is 1. The first-order valence-corrected chi connectivity index (χ1v) is 5.90. The van der Waals surface area contributed by atoms with Crippen LogP contribution in [-0.2, 0) is 13.0 Å². The molecule has 0 fully saturated rings. The zero-order valence-corrected chi connectivity index (χ0v) is 10.1. The Morgan fingerprint density at radius 2 is 2.33 bits per heavy atom. The molecule has 0 radical (unpaired) electrons. The first-order chi connectivity index (χ1) is 8.79. The van der Waals surface area contributed by atoms with E-state index in [4.69, 9.17) is 0 Å². The Labute approximate surface area is 106 Å². The quantitative estimate of drug-likeness (QED) is 0.793. The molecule has 3 nitrogen and oxygen atoms in total. The van der Waals surface area contributed by atoms with E-state index in [2.05, 4.69) is 16.9 Å². The lowest BCUT2D eigenvalue weighted by Gasteiger charge is -2.08. The lowest BCUT2D eigenvalue weighted by Crippen LogP contribution is -2.08. The second-order valence-electron chi connectivity index (χ2n) is 3.99. The van der Waals surface area contributed by atoms with E-state index in [9.17, 15) is 4.39 Å². The third-order valence-corrected chi connectivity index (χ3v) is 2.65. The van der Waals surface area contributed by atoms with E-state index in [1.807, 2.05) is 16.8 Å². The van der Waals surface area contributed by atoms with Crippen LogP contribution in [0.5, 0.6) is 0 Å². The van der Waals surface area contributed by atoms with Gasteiger partial charge < -0.3 is 9.88 Å². The largest absolute Gasteiger partial charge is 0.352 e. The summed E-state index contributed by atoms with van der Waals surface area (Å²) in [5.41, 5.74) is 0.985. The number of nitrogens with zero attached hydrogens (tertiary/aromatic N) is 2. The summed E-state index contributed by atoms with van der Waals surface area (Å²) in [5, 5.41) is 3.15. The predicted octanol–water partition coefficient (Wildman–Crippen LogP) is 2.86. The number of halogens is 1. The van der Waals surface area contributed by atoms with Crippen molar-refractivity contribution >= 4 is 5.95 Å². The number of aromatic nitrogens is 2. The highest BCUT2D eigenvalue weighted by Crippen LogP contribution is 2.09. The van der Waals surface area contributed by atoms with Gasteiger partial charge in [-0.25, -0.2) is 9.37 Å². The molecule has 1 aromatic heterocycles. The van der Waals surface area contributed by atoms with Crippen molar-refractivity contribution < 1.29 is 4.39 Å². The van der Waals surface area contributed by atoms with Crippen molar-refractivity contribution in [2.45, 2.75) is 13.0 Å². The van der Waals surface area contributed by atoms with E-state index in [-0.39, 0.29) is 5.82 Å². The molecular formula is C14H16FN3. The molecule has 0 saturated heterocycles. The van der Waals surface area contributed by atoms with Gasteiger partial charge in [0.1, 0.15) is 5.82 Å². The number of nitrogens with one attached hydrogen (secondary N) is 1. The number of rotatable bonds is 6. The summed E-state index contributed by atoms with van der Waals surface area (Å²) in [6.45, 7) is 5.10. The van der Waals surface area contributed by atoms with Gasteiger partial charge in [0, 0.05) is 25.5 Å². The molecule has 1 N–H and O–H groups in total. The van der Waals surface area contributed by atoms with Gasteiger partial charge in [-0.05, 0) is 24.1 Å². The van der Waals surface area contributed by atoms with Gasteiger partial charge in [-0.15, -0.1) is 6.58 Å².